The summed E-state index contributed by atoms with van der Waals surface area (Å²) in [5, 5.41) is -0.0719. The number of Topliss-reactive ketones (excluding diaryl/α,β-unsaturated/α-hetero) is 1. The molecule has 0 saturated carbocycles. The van der Waals surface area contributed by atoms with Crippen LogP contribution < -0.4 is 0 Å². The number of rotatable bonds is 4. The van der Waals surface area contributed by atoms with Crippen molar-refractivity contribution < 1.29 is 4.79 Å². The number of carbonyl (C=O) groups excluding carboxylic acids is 1. The highest BCUT2D eigenvalue weighted by Crippen LogP contribution is 2.27. The van der Waals surface area contributed by atoms with Gasteiger partial charge in [0, 0.05) is 10.5 Å². The first kappa shape index (κ1) is 14.9. The molecule has 0 aliphatic rings. The van der Waals surface area contributed by atoms with Gasteiger partial charge < -0.3 is 0 Å². The van der Waals surface area contributed by atoms with Gasteiger partial charge in [-0.2, -0.15) is 0 Å². The molecule has 1 atom stereocenters. The number of hydrogen-bond acceptors (Lipinski definition) is 2. The Hall–Kier alpha value is -1.54. The van der Waals surface area contributed by atoms with Crippen LogP contribution in [-0.2, 0) is 0 Å². The molecule has 0 bridgehead atoms. The molecule has 1 nitrogen and oxygen atoms in total. The van der Waals surface area contributed by atoms with Crippen molar-refractivity contribution in [1.29, 1.82) is 0 Å². The lowest BCUT2D eigenvalue weighted by molar-refractivity contribution is 0.0993. The minimum atomic E-state index is -0.0719. The standard InChI is InChI=1S/C18H20OS/c1-12-6-5-7-16(10-12)20-15(4)18(19)17-11-13(2)8-9-14(17)3/h5-11,15H,1-4H3. The van der Waals surface area contributed by atoms with Crippen LogP contribution >= 0.6 is 11.8 Å². The fourth-order valence-electron chi connectivity index (χ4n) is 2.17. The van der Waals surface area contributed by atoms with Crippen LogP contribution in [0.25, 0.3) is 0 Å². The third-order valence-electron chi connectivity index (χ3n) is 3.33. The maximum absolute atomic E-state index is 12.6. The maximum atomic E-state index is 12.6. The zero-order valence-electron chi connectivity index (χ0n) is 12.4. The van der Waals surface area contributed by atoms with Crippen LogP contribution in [-0.4, -0.2) is 11.0 Å². The van der Waals surface area contributed by atoms with Crippen LogP contribution in [0.5, 0.6) is 0 Å². The highest BCUT2D eigenvalue weighted by molar-refractivity contribution is 8.00. The lowest BCUT2D eigenvalue weighted by Gasteiger charge is -2.13. The fourth-order valence-corrected chi connectivity index (χ4v) is 3.22. The zero-order chi connectivity index (χ0) is 14.7. The van der Waals surface area contributed by atoms with E-state index in [2.05, 4.69) is 25.1 Å². The summed E-state index contributed by atoms with van der Waals surface area (Å²) in [6.45, 7) is 8.07. The van der Waals surface area contributed by atoms with Crippen molar-refractivity contribution in [2.75, 3.05) is 0 Å². The second-order valence-corrected chi connectivity index (χ2v) is 6.67. The predicted octanol–water partition coefficient (Wildman–Crippen LogP) is 4.98. The quantitative estimate of drug-likeness (QED) is 0.582. The molecule has 2 rings (SSSR count). The smallest absolute Gasteiger partial charge is 0.176 e. The molecule has 1 unspecified atom stereocenters. The third kappa shape index (κ3) is 3.51. The number of carbonyl (C=O) groups is 1. The van der Waals surface area contributed by atoms with E-state index in [1.807, 2.05) is 45.0 Å². The summed E-state index contributed by atoms with van der Waals surface area (Å²) >= 11 is 1.63. The van der Waals surface area contributed by atoms with E-state index in [0.717, 1.165) is 21.6 Å². The van der Waals surface area contributed by atoms with E-state index >= 15 is 0 Å². The maximum Gasteiger partial charge on any atom is 0.176 e. The van der Waals surface area contributed by atoms with Crippen molar-refractivity contribution in [2.45, 2.75) is 37.8 Å². The molecule has 0 spiro atoms. The summed E-state index contributed by atoms with van der Waals surface area (Å²) in [5.74, 6) is 0.206. The number of hydrogen-bond donors (Lipinski definition) is 0. The van der Waals surface area contributed by atoms with Crippen molar-refractivity contribution in [3.63, 3.8) is 0 Å². The van der Waals surface area contributed by atoms with Gasteiger partial charge in [0.15, 0.2) is 5.78 Å². The minimum Gasteiger partial charge on any atom is -0.293 e. The van der Waals surface area contributed by atoms with Crippen molar-refractivity contribution in [1.82, 2.24) is 0 Å². The highest BCUT2D eigenvalue weighted by atomic mass is 32.2. The van der Waals surface area contributed by atoms with Crippen LogP contribution in [0.4, 0.5) is 0 Å². The van der Waals surface area contributed by atoms with Crippen molar-refractivity contribution in [3.8, 4) is 0 Å². The average molecular weight is 284 g/mol. The van der Waals surface area contributed by atoms with Crippen LogP contribution in [0.2, 0.25) is 0 Å². The zero-order valence-corrected chi connectivity index (χ0v) is 13.3. The first-order valence-electron chi connectivity index (χ1n) is 6.82. The van der Waals surface area contributed by atoms with Crippen molar-refractivity contribution in [2.24, 2.45) is 0 Å². The lowest BCUT2D eigenvalue weighted by atomic mass is 10.0. The Kier molecular flexibility index (Phi) is 4.66. The molecule has 0 saturated heterocycles. The molecular weight excluding hydrogens is 264 g/mol. The molecule has 0 aromatic heterocycles. The summed E-state index contributed by atoms with van der Waals surface area (Å²) in [7, 11) is 0. The van der Waals surface area contributed by atoms with Crippen LogP contribution in [0.15, 0.2) is 47.4 Å². The monoisotopic (exact) mass is 284 g/mol. The van der Waals surface area contributed by atoms with Gasteiger partial charge in [-0.1, -0.05) is 35.4 Å². The molecule has 0 fully saturated rings. The highest BCUT2D eigenvalue weighted by Gasteiger charge is 2.18. The van der Waals surface area contributed by atoms with E-state index in [0.29, 0.717) is 0 Å². The Bertz CT molecular complexity index is 631. The van der Waals surface area contributed by atoms with Gasteiger partial charge in [-0.3, -0.25) is 4.79 Å². The normalized spacial score (nSPS) is 12.2. The summed E-state index contributed by atoms with van der Waals surface area (Å²) in [4.78, 5) is 13.7. The molecule has 2 aromatic carbocycles. The summed E-state index contributed by atoms with van der Waals surface area (Å²) in [5.41, 5.74) is 4.25. The topological polar surface area (TPSA) is 17.1 Å². The molecule has 0 amide bonds. The molecule has 0 aliphatic heterocycles. The molecule has 0 aliphatic carbocycles. The number of thioether (sulfide) groups is 1. The van der Waals surface area contributed by atoms with Crippen LogP contribution in [0.1, 0.15) is 34.0 Å². The van der Waals surface area contributed by atoms with Gasteiger partial charge in [0.2, 0.25) is 0 Å². The van der Waals surface area contributed by atoms with Gasteiger partial charge in [0.05, 0.1) is 5.25 Å². The number of aryl methyl sites for hydroxylation is 3. The molecule has 2 heteroatoms. The molecule has 0 heterocycles. The van der Waals surface area contributed by atoms with Crippen LogP contribution in [0.3, 0.4) is 0 Å². The first-order valence-corrected chi connectivity index (χ1v) is 7.70. The van der Waals surface area contributed by atoms with Crippen molar-refractivity contribution in [3.05, 3.63) is 64.7 Å². The molecule has 2 aromatic rings. The number of ketones is 1. The van der Waals surface area contributed by atoms with E-state index in [9.17, 15) is 4.79 Å². The Morgan fingerprint density at radius 1 is 1.00 bits per heavy atom. The Morgan fingerprint density at radius 3 is 2.40 bits per heavy atom. The van der Waals surface area contributed by atoms with Crippen LogP contribution in [0, 0.1) is 20.8 Å². The molecule has 0 N–H and O–H groups in total. The SMILES string of the molecule is Cc1cccc(SC(C)C(=O)c2cc(C)ccc2C)c1. The fraction of sp³-hybridized carbons (Fsp3) is 0.278. The average Bonchev–Trinajstić information content (AvgIpc) is 2.40. The third-order valence-corrected chi connectivity index (χ3v) is 4.42. The van der Waals surface area contributed by atoms with E-state index in [4.69, 9.17) is 0 Å². The molecule has 104 valence electrons. The summed E-state index contributed by atoms with van der Waals surface area (Å²) in [6.07, 6.45) is 0. The predicted molar refractivity (Wildman–Crippen MR) is 86.7 cm³/mol. The molecule has 20 heavy (non-hydrogen) atoms. The van der Waals surface area contributed by atoms with Gasteiger partial charge in [-0.15, -0.1) is 11.8 Å². The Morgan fingerprint density at radius 2 is 1.70 bits per heavy atom. The minimum absolute atomic E-state index is 0.0719. The second kappa shape index (κ2) is 6.27. The Balaban J connectivity index is 2.18. The second-order valence-electron chi connectivity index (χ2n) is 5.26. The lowest BCUT2D eigenvalue weighted by Crippen LogP contribution is -2.15. The number of benzene rings is 2. The van der Waals surface area contributed by atoms with Gasteiger partial charge in [-0.25, -0.2) is 0 Å². The summed E-state index contributed by atoms with van der Waals surface area (Å²) < 4.78 is 0. The van der Waals surface area contributed by atoms with E-state index in [1.165, 1.54) is 5.56 Å². The van der Waals surface area contributed by atoms with Gasteiger partial charge in [0.1, 0.15) is 0 Å². The van der Waals surface area contributed by atoms with Gasteiger partial charge in [0.25, 0.3) is 0 Å². The Labute approximate surface area is 125 Å². The van der Waals surface area contributed by atoms with Crippen molar-refractivity contribution >= 4 is 17.5 Å². The van der Waals surface area contributed by atoms with E-state index < -0.39 is 0 Å². The first-order chi connectivity index (χ1) is 9.47. The largest absolute Gasteiger partial charge is 0.293 e. The van der Waals surface area contributed by atoms with E-state index in [1.54, 1.807) is 11.8 Å². The van der Waals surface area contributed by atoms with Gasteiger partial charge >= 0.3 is 0 Å². The van der Waals surface area contributed by atoms with E-state index in [-0.39, 0.29) is 11.0 Å². The molecular formula is C18H20OS. The van der Waals surface area contributed by atoms with Gasteiger partial charge in [-0.05, 0) is 51.5 Å². The summed E-state index contributed by atoms with van der Waals surface area (Å²) in [6, 6.07) is 14.3. The molecule has 0 radical (unpaired) electrons.